The minimum absolute atomic E-state index is 0.0447. The van der Waals surface area contributed by atoms with E-state index in [-0.39, 0.29) is 49.4 Å². The number of aromatic nitrogens is 1. The predicted octanol–water partition coefficient (Wildman–Crippen LogP) is 6.47. The summed E-state index contributed by atoms with van der Waals surface area (Å²) in [6, 6.07) is 0.664. The van der Waals surface area contributed by atoms with Crippen molar-refractivity contribution in [2.75, 3.05) is 18.1 Å². The van der Waals surface area contributed by atoms with Gasteiger partial charge in [-0.25, -0.2) is 8.78 Å². The van der Waals surface area contributed by atoms with Gasteiger partial charge in [0.05, 0.1) is 18.8 Å². The second kappa shape index (κ2) is 10.5. The lowest BCUT2D eigenvalue weighted by atomic mass is 9.91. The molecular weight excluding hydrogens is 607 g/mol. The van der Waals surface area contributed by atoms with Crippen molar-refractivity contribution in [1.29, 1.82) is 5.26 Å². The van der Waals surface area contributed by atoms with Gasteiger partial charge < -0.3 is 10.1 Å². The van der Waals surface area contributed by atoms with E-state index in [0.29, 0.717) is 12.1 Å². The number of ether oxygens (including phenoxy) is 1. The molecule has 2 aliphatic rings. The van der Waals surface area contributed by atoms with Crippen molar-refractivity contribution in [2.24, 2.45) is 0 Å². The van der Waals surface area contributed by atoms with Gasteiger partial charge >= 0.3 is 10.2 Å². The van der Waals surface area contributed by atoms with Crippen molar-refractivity contribution in [3.05, 3.63) is 54.4 Å². The van der Waals surface area contributed by atoms with Gasteiger partial charge in [0.25, 0.3) is 5.91 Å². The van der Waals surface area contributed by atoms with Gasteiger partial charge in [-0.3, -0.25) is 24.4 Å². The zero-order valence-electron chi connectivity index (χ0n) is 23.2. The molecule has 236 valence electrons. The summed E-state index contributed by atoms with van der Waals surface area (Å²) in [6.45, 7) is 2.97. The number of benzene rings is 1. The Labute approximate surface area is 243 Å². The van der Waals surface area contributed by atoms with Gasteiger partial charge in [0.2, 0.25) is 11.8 Å². The number of rotatable bonds is 7. The lowest BCUT2D eigenvalue weighted by molar-refractivity contribution is -0.141. The molecule has 2 aromatic rings. The van der Waals surface area contributed by atoms with Crippen LogP contribution < -0.4 is 10.2 Å². The van der Waals surface area contributed by atoms with Gasteiger partial charge in [0.1, 0.15) is 17.0 Å². The van der Waals surface area contributed by atoms with E-state index in [1.807, 2.05) is 6.19 Å². The molecule has 1 N–H and O–H groups in total. The number of nitriles is 1. The van der Waals surface area contributed by atoms with Crippen molar-refractivity contribution >= 4 is 27.7 Å². The Morgan fingerprint density at radius 3 is 2.28 bits per heavy atom. The van der Waals surface area contributed by atoms with Crippen LogP contribution >= 0.6 is 10.2 Å². The average Bonchev–Trinajstić information content (AvgIpc) is 2.91. The van der Waals surface area contributed by atoms with Crippen molar-refractivity contribution in [3.8, 4) is 6.19 Å². The summed E-state index contributed by atoms with van der Waals surface area (Å²) in [5.41, 5.74) is -1.12. The van der Waals surface area contributed by atoms with Crippen LogP contribution in [0.4, 0.5) is 33.9 Å². The largest absolute Gasteiger partial charge is 0.371 e. The van der Waals surface area contributed by atoms with Crippen LogP contribution in [0.25, 0.3) is 0 Å². The Morgan fingerprint density at radius 1 is 1.12 bits per heavy atom. The lowest BCUT2D eigenvalue weighted by Crippen LogP contribution is -2.60. The molecule has 0 spiro atoms. The number of morpholine rings is 1. The van der Waals surface area contributed by atoms with Gasteiger partial charge in [-0.2, -0.15) is 5.26 Å². The number of amides is 2. The highest BCUT2D eigenvalue weighted by Crippen LogP contribution is 3.02. The zero-order chi connectivity index (χ0) is 31.9. The molecule has 4 rings (SSSR count). The topological polar surface area (TPSA) is 98.6 Å². The van der Waals surface area contributed by atoms with Crippen LogP contribution in [0.2, 0.25) is 0 Å². The van der Waals surface area contributed by atoms with Crippen LogP contribution in [0.3, 0.4) is 0 Å². The molecular formula is C27H30F7N5O3S. The summed E-state index contributed by atoms with van der Waals surface area (Å²) in [7, 11) is -10.1. The molecule has 43 heavy (non-hydrogen) atoms. The normalized spacial score (nSPS) is 22.8. The van der Waals surface area contributed by atoms with Gasteiger partial charge in [0, 0.05) is 42.5 Å². The summed E-state index contributed by atoms with van der Waals surface area (Å²) in [5, 5.41) is 12.4. The second-order valence-electron chi connectivity index (χ2n) is 11.3. The number of nitrogens with zero attached hydrogens (tertiary/aromatic N) is 4. The Bertz CT molecular complexity index is 1390. The highest BCUT2D eigenvalue weighted by atomic mass is 32.5. The van der Waals surface area contributed by atoms with E-state index in [9.17, 15) is 43.1 Å². The first kappa shape index (κ1) is 32.3. The third-order valence-electron chi connectivity index (χ3n) is 7.34. The standard InChI is InChI=1S/C27H30F7N5O3S/c1-26(2)16-38(17-35)22(15-42-26)25(41)39(20-5-7-21(8-6-20)43(30,31,32,33)34)23(18-4-3-13-36-14-18)24(40)37-19-9-11-27(28,29)12-10-19/h3-8,13-14,19,22-23H,9-12,15-16H2,1-2H3,(H,37,40)/t22-,23?/m1/s1. The Kier molecular flexibility index (Phi) is 7.93. The van der Waals surface area contributed by atoms with E-state index in [0.717, 1.165) is 9.80 Å². The zero-order valence-corrected chi connectivity index (χ0v) is 24.0. The fraction of sp³-hybridized carbons (Fsp3) is 0.481. The van der Waals surface area contributed by atoms with Crippen LogP contribution in [0, 0.1) is 11.5 Å². The molecule has 2 heterocycles. The first-order valence-electron chi connectivity index (χ1n) is 13.3. The predicted molar refractivity (Wildman–Crippen MR) is 144 cm³/mol. The number of pyridine rings is 1. The molecule has 1 aliphatic carbocycles. The molecule has 1 aromatic carbocycles. The Hall–Kier alpha value is -3.58. The Morgan fingerprint density at radius 2 is 1.74 bits per heavy atom. The fourth-order valence-corrected chi connectivity index (χ4v) is 5.77. The van der Waals surface area contributed by atoms with E-state index >= 15 is 0 Å². The second-order valence-corrected chi connectivity index (χ2v) is 13.7. The molecule has 2 atom stereocenters. The lowest BCUT2D eigenvalue weighted by Gasteiger charge is -2.43. The third-order valence-corrected chi connectivity index (χ3v) is 8.50. The van der Waals surface area contributed by atoms with Crippen molar-refractivity contribution < 1.29 is 42.5 Å². The monoisotopic (exact) mass is 637 g/mol. The van der Waals surface area contributed by atoms with Gasteiger partial charge in [-0.15, -0.1) is 0 Å². The molecule has 1 aliphatic heterocycles. The number of carbonyl (C=O) groups is 2. The minimum Gasteiger partial charge on any atom is -0.371 e. The van der Waals surface area contributed by atoms with Crippen LogP contribution in [0.1, 0.15) is 51.1 Å². The molecule has 1 saturated heterocycles. The van der Waals surface area contributed by atoms with Crippen LogP contribution in [-0.4, -0.2) is 58.5 Å². The number of alkyl halides is 2. The number of hydrogen-bond donors (Lipinski definition) is 1. The van der Waals surface area contributed by atoms with Crippen LogP contribution in [0.15, 0.2) is 53.7 Å². The van der Waals surface area contributed by atoms with Crippen LogP contribution in [0.5, 0.6) is 0 Å². The summed E-state index contributed by atoms with van der Waals surface area (Å²) < 4.78 is 101. The van der Waals surface area contributed by atoms with Crippen molar-refractivity contribution in [1.82, 2.24) is 15.2 Å². The van der Waals surface area contributed by atoms with Gasteiger partial charge in [-0.05, 0) is 57.0 Å². The smallest absolute Gasteiger partial charge is 0.310 e. The molecule has 2 fully saturated rings. The number of anilines is 1. The van der Waals surface area contributed by atoms with Crippen molar-refractivity contribution in [3.63, 3.8) is 0 Å². The highest BCUT2D eigenvalue weighted by Gasteiger charge is 2.65. The molecule has 1 aromatic heterocycles. The molecule has 8 nitrogen and oxygen atoms in total. The van der Waals surface area contributed by atoms with Gasteiger partial charge in [-0.1, -0.05) is 25.5 Å². The minimum atomic E-state index is -10.1. The maximum atomic E-state index is 14.2. The summed E-state index contributed by atoms with van der Waals surface area (Å²) in [6.07, 6.45) is 3.38. The summed E-state index contributed by atoms with van der Waals surface area (Å²) in [4.78, 5) is 31.7. The van der Waals surface area contributed by atoms with Gasteiger partial charge in [0.15, 0.2) is 6.19 Å². The molecule has 0 radical (unpaired) electrons. The third kappa shape index (κ3) is 7.69. The molecule has 1 saturated carbocycles. The number of hydrogen-bond acceptors (Lipinski definition) is 6. The molecule has 2 amide bonds. The van der Waals surface area contributed by atoms with E-state index < -0.39 is 69.4 Å². The first-order chi connectivity index (χ1) is 19.7. The first-order valence-corrected chi connectivity index (χ1v) is 15.2. The fourth-order valence-electron chi connectivity index (χ4n) is 5.12. The van der Waals surface area contributed by atoms with E-state index in [1.165, 1.54) is 24.5 Å². The van der Waals surface area contributed by atoms with E-state index in [2.05, 4.69) is 10.3 Å². The SMILES string of the molecule is CC1(C)CN(C#N)[C@@H](C(=O)N(c2ccc(S(F)(F)(F)(F)F)cc2)C(C(=O)NC2CCC(F)(F)CC2)c2cccnc2)CO1. The summed E-state index contributed by atoms with van der Waals surface area (Å²) in [5.74, 6) is -4.71. The molecule has 0 bridgehead atoms. The van der Waals surface area contributed by atoms with Crippen LogP contribution in [-0.2, 0) is 14.3 Å². The maximum absolute atomic E-state index is 14.2. The number of halogens is 7. The van der Waals surface area contributed by atoms with Crippen molar-refractivity contribution in [2.45, 2.75) is 74.1 Å². The number of nitrogens with one attached hydrogen (secondary N) is 1. The quantitative estimate of drug-likeness (QED) is 0.276. The molecule has 1 unspecified atom stereocenters. The molecule has 16 heteroatoms. The summed E-state index contributed by atoms with van der Waals surface area (Å²) >= 11 is 0. The van der Waals surface area contributed by atoms with E-state index in [1.54, 1.807) is 13.8 Å². The highest BCUT2D eigenvalue weighted by molar-refractivity contribution is 8.45. The average molecular weight is 638 g/mol. The Balaban J connectivity index is 1.80. The number of carbonyl (C=O) groups excluding carboxylic acids is 2. The van der Waals surface area contributed by atoms with E-state index in [4.69, 9.17) is 4.74 Å². The maximum Gasteiger partial charge on any atom is 0.310 e.